The molecule has 1 fully saturated rings. The summed E-state index contributed by atoms with van der Waals surface area (Å²) in [6.45, 7) is 1.19. The lowest BCUT2D eigenvalue weighted by molar-refractivity contribution is 0.346. The lowest BCUT2D eigenvalue weighted by atomic mass is 10.1. The van der Waals surface area contributed by atoms with E-state index >= 15 is 0 Å². The Morgan fingerprint density at radius 3 is 2.39 bits per heavy atom. The van der Waals surface area contributed by atoms with Gasteiger partial charge in [-0.05, 0) is 42.0 Å². The molecule has 1 saturated heterocycles. The summed E-state index contributed by atoms with van der Waals surface area (Å²) in [5, 5.41) is 5.50. The van der Waals surface area contributed by atoms with Gasteiger partial charge >= 0.3 is 0 Å². The SMILES string of the molecule is O=S(=O)(c1ccc(N[C@@H](c2ccccc2)c2cccs2)nc1)N1CCCCC1. The highest BCUT2D eigenvalue weighted by atomic mass is 32.2. The number of sulfonamides is 1. The molecule has 28 heavy (non-hydrogen) atoms. The molecule has 1 atom stereocenters. The Morgan fingerprint density at radius 1 is 0.964 bits per heavy atom. The van der Waals surface area contributed by atoms with Gasteiger partial charge in [0.2, 0.25) is 10.0 Å². The average molecular weight is 414 g/mol. The first-order valence-electron chi connectivity index (χ1n) is 9.46. The molecule has 0 unspecified atom stereocenters. The minimum absolute atomic E-state index is 0.0294. The predicted octanol–water partition coefficient (Wildman–Crippen LogP) is 4.52. The number of thiophene rings is 1. The van der Waals surface area contributed by atoms with Crippen LogP contribution in [0.1, 0.15) is 35.7 Å². The number of hydrogen-bond acceptors (Lipinski definition) is 5. The van der Waals surface area contributed by atoms with Crippen molar-refractivity contribution in [2.24, 2.45) is 0 Å². The highest BCUT2D eigenvalue weighted by Gasteiger charge is 2.26. The van der Waals surface area contributed by atoms with Crippen LogP contribution in [0.5, 0.6) is 0 Å². The van der Waals surface area contributed by atoms with Crippen LogP contribution in [0.2, 0.25) is 0 Å². The van der Waals surface area contributed by atoms with Crippen LogP contribution in [-0.4, -0.2) is 30.8 Å². The summed E-state index contributed by atoms with van der Waals surface area (Å²) in [6.07, 6.45) is 4.40. The van der Waals surface area contributed by atoms with Crippen LogP contribution in [-0.2, 0) is 10.0 Å². The highest BCUT2D eigenvalue weighted by molar-refractivity contribution is 7.89. The molecule has 5 nitrogen and oxygen atoms in total. The molecular formula is C21H23N3O2S2. The van der Waals surface area contributed by atoms with Gasteiger partial charge in [-0.25, -0.2) is 13.4 Å². The molecule has 1 aliphatic heterocycles. The van der Waals surface area contributed by atoms with Crippen molar-refractivity contribution in [3.63, 3.8) is 0 Å². The van der Waals surface area contributed by atoms with Crippen molar-refractivity contribution in [2.45, 2.75) is 30.2 Å². The largest absolute Gasteiger partial charge is 0.358 e. The molecule has 0 aliphatic carbocycles. The van der Waals surface area contributed by atoms with E-state index in [0.29, 0.717) is 18.9 Å². The molecule has 0 bridgehead atoms. The second-order valence-electron chi connectivity index (χ2n) is 6.85. The normalized spacial score (nSPS) is 16.6. The van der Waals surface area contributed by atoms with Crippen LogP contribution in [0.3, 0.4) is 0 Å². The third kappa shape index (κ3) is 4.11. The molecule has 0 amide bonds. The maximum Gasteiger partial charge on any atom is 0.244 e. The number of nitrogens with one attached hydrogen (secondary N) is 1. The number of nitrogens with zero attached hydrogens (tertiary/aromatic N) is 2. The van der Waals surface area contributed by atoms with E-state index < -0.39 is 10.0 Å². The Kier molecular flexibility index (Phi) is 5.75. The van der Waals surface area contributed by atoms with Crippen molar-refractivity contribution < 1.29 is 8.42 Å². The summed E-state index contributed by atoms with van der Waals surface area (Å²) < 4.78 is 27.2. The maximum atomic E-state index is 12.8. The van der Waals surface area contributed by atoms with Crippen LogP contribution in [0.15, 0.2) is 71.1 Å². The van der Waals surface area contributed by atoms with Crippen molar-refractivity contribution in [3.8, 4) is 0 Å². The predicted molar refractivity (Wildman–Crippen MR) is 113 cm³/mol. The Morgan fingerprint density at radius 2 is 1.75 bits per heavy atom. The van der Waals surface area contributed by atoms with Gasteiger partial charge in [0.25, 0.3) is 0 Å². The van der Waals surface area contributed by atoms with Crippen molar-refractivity contribution in [2.75, 3.05) is 18.4 Å². The fourth-order valence-electron chi connectivity index (χ4n) is 3.44. The lowest BCUT2D eigenvalue weighted by Gasteiger charge is -2.25. The number of aromatic nitrogens is 1. The van der Waals surface area contributed by atoms with Gasteiger partial charge in [0.1, 0.15) is 10.7 Å². The Hall–Kier alpha value is -2.22. The third-order valence-electron chi connectivity index (χ3n) is 4.94. The summed E-state index contributed by atoms with van der Waals surface area (Å²) >= 11 is 1.68. The molecule has 7 heteroatoms. The smallest absolute Gasteiger partial charge is 0.244 e. The van der Waals surface area contributed by atoms with Crippen molar-refractivity contribution in [1.29, 1.82) is 0 Å². The Bertz CT molecular complexity index is 982. The molecule has 1 aliphatic rings. The first-order chi connectivity index (χ1) is 13.6. The molecule has 0 saturated carbocycles. The third-order valence-corrected chi connectivity index (χ3v) is 7.76. The van der Waals surface area contributed by atoms with Crippen LogP contribution >= 0.6 is 11.3 Å². The fourth-order valence-corrected chi connectivity index (χ4v) is 5.71. The number of anilines is 1. The number of benzene rings is 1. The van der Waals surface area contributed by atoms with Crippen LogP contribution in [0.25, 0.3) is 0 Å². The lowest BCUT2D eigenvalue weighted by Crippen LogP contribution is -2.35. The van der Waals surface area contributed by atoms with Crippen LogP contribution in [0, 0.1) is 0 Å². The van der Waals surface area contributed by atoms with E-state index in [9.17, 15) is 8.42 Å². The zero-order chi connectivity index (χ0) is 19.4. The second-order valence-corrected chi connectivity index (χ2v) is 9.76. The summed E-state index contributed by atoms with van der Waals surface area (Å²) in [7, 11) is -3.46. The van der Waals surface area contributed by atoms with Crippen molar-refractivity contribution in [1.82, 2.24) is 9.29 Å². The summed E-state index contributed by atoms with van der Waals surface area (Å²) in [5.74, 6) is 0.653. The quantitative estimate of drug-likeness (QED) is 0.645. The van der Waals surface area contributed by atoms with Gasteiger partial charge < -0.3 is 5.32 Å². The molecule has 1 N–H and O–H groups in total. The van der Waals surface area contributed by atoms with E-state index in [4.69, 9.17) is 0 Å². The van der Waals surface area contributed by atoms with Crippen molar-refractivity contribution in [3.05, 3.63) is 76.6 Å². The zero-order valence-electron chi connectivity index (χ0n) is 15.5. The van der Waals surface area contributed by atoms with Crippen LogP contribution < -0.4 is 5.32 Å². The number of piperidine rings is 1. The topological polar surface area (TPSA) is 62.3 Å². The van der Waals surface area contributed by atoms with Gasteiger partial charge in [0, 0.05) is 24.2 Å². The van der Waals surface area contributed by atoms with Gasteiger partial charge in [-0.15, -0.1) is 11.3 Å². The number of rotatable bonds is 6. The average Bonchev–Trinajstić information content (AvgIpc) is 3.28. The summed E-state index contributed by atoms with van der Waals surface area (Å²) in [4.78, 5) is 5.84. The molecular weight excluding hydrogens is 390 g/mol. The van der Waals surface area contributed by atoms with E-state index in [-0.39, 0.29) is 10.9 Å². The fraction of sp³-hybridized carbons (Fsp3) is 0.286. The number of hydrogen-bond donors (Lipinski definition) is 1. The molecule has 1 aromatic carbocycles. The monoisotopic (exact) mass is 413 g/mol. The van der Waals surface area contributed by atoms with Gasteiger partial charge in [-0.3, -0.25) is 0 Å². The minimum Gasteiger partial charge on any atom is -0.358 e. The molecule has 3 heterocycles. The van der Waals surface area contributed by atoms with Gasteiger partial charge in [-0.2, -0.15) is 4.31 Å². The van der Waals surface area contributed by atoms with Gasteiger partial charge in [0.05, 0.1) is 6.04 Å². The Labute approximate surface area is 170 Å². The minimum atomic E-state index is -3.46. The number of pyridine rings is 1. The molecule has 0 spiro atoms. The zero-order valence-corrected chi connectivity index (χ0v) is 17.1. The second kappa shape index (κ2) is 8.43. The first kappa shape index (κ1) is 19.1. The molecule has 3 aromatic rings. The standard InChI is InChI=1S/C21H23N3O2S2/c25-28(26,24-13-5-2-6-14-24)18-11-12-20(22-16-18)23-21(19-10-7-15-27-19)17-8-3-1-4-9-17/h1,3-4,7-12,15-16,21H,2,5-6,13-14H2,(H,22,23)/t21-/m0/s1. The van der Waals surface area contributed by atoms with Gasteiger partial charge in [0.15, 0.2) is 0 Å². The van der Waals surface area contributed by atoms with E-state index in [1.807, 2.05) is 24.3 Å². The van der Waals surface area contributed by atoms with E-state index in [1.165, 1.54) is 11.1 Å². The Balaban J connectivity index is 1.56. The molecule has 4 rings (SSSR count). The molecule has 2 aromatic heterocycles. The van der Waals surface area contributed by atoms with Gasteiger partial charge in [-0.1, -0.05) is 42.8 Å². The summed E-state index contributed by atoms with van der Waals surface area (Å²) in [6, 6.07) is 17.7. The van der Waals surface area contributed by atoms with Crippen molar-refractivity contribution >= 4 is 27.2 Å². The summed E-state index contributed by atoms with van der Waals surface area (Å²) in [5.41, 5.74) is 1.14. The van der Waals surface area contributed by atoms with E-state index in [1.54, 1.807) is 27.8 Å². The van der Waals surface area contributed by atoms with Crippen LogP contribution in [0.4, 0.5) is 5.82 Å². The maximum absolute atomic E-state index is 12.8. The van der Waals surface area contributed by atoms with E-state index in [0.717, 1.165) is 24.8 Å². The van der Waals surface area contributed by atoms with E-state index in [2.05, 4.69) is 33.9 Å². The first-order valence-corrected chi connectivity index (χ1v) is 11.8. The highest BCUT2D eigenvalue weighted by Crippen LogP contribution is 2.29. The molecule has 146 valence electrons. The molecule has 0 radical (unpaired) electrons.